The Kier molecular flexibility index (Phi) is 4.01. The molecule has 0 radical (unpaired) electrons. The van der Waals surface area contributed by atoms with Crippen LogP contribution in [0.5, 0.6) is 0 Å². The van der Waals surface area contributed by atoms with Crippen LogP contribution in [-0.2, 0) is 9.53 Å². The minimum atomic E-state index is -0.775. The second-order valence-corrected chi connectivity index (χ2v) is 5.30. The molecule has 2 fully saturated rings. The molecule has 1 amide bonds. The Hall–Kier alpha value is -0.650. The van der Waals surface area contributed by atoms with Gasteiger partial charge in [-0.2, -0.15) is 0 Å². The molecule has 0 aromatic carbocycles. The van der Waals surface area contributed by atoms with E-state index in [1.54, 1.807) is 0 Å². The monoisotopic (exact) mass is 242 g/mol. The molecule has 2 heterocycles. The van der Waals surface area contributed by atoms with Gasteiger partial charge in [0.1, 0.15) is 0 Å². The van der Waals surface area contributed by atoms with Crippen molar-refractivity contribution in [2.45, 2.75) is 25.4 Å². The maximum Gasteiger partial charge on any atom is 0.224 e. The smallest absolute Gasteiger partial charge is 0.224 e. The van der Waals surface area contributed by atoms with Crippen LogP contribution in [0.1, 0.15) is 19.8 Å². The highest BCUT2D eigenvalue weighted by Gasteiger charge is 2.33. The molecule has 0 aromatic rings. The Morgan fingerprint density at radius 3 is 2.76 bits per heavy atom. The maximum absolute atomic E-state index is 11.9. The van der Waals surface area contributed by atoms with Gasteiger partial charge in [-0.25, -0.2) is 0 Å². The van der Waals surface area contributed by atoms with Crippen molar-refractivity contribution in [2.24, 2.45) is 11.8 Å². The summed E-state index contributed by atoms with van der Waals surface area (Å²) in [5.41, 5.74) is -0.775. The molecule has 2 aliphatic heterocycles. The normalized spacial score (nSPS) is 32.4. The minimum absolute atomic E-state index is 0.0402. The van der Waals surface area contributed by atoms with E-state index in [9.17, 15) is 9.90 Å². The summed E-state index contributed by atoms with van der Waals surface area (Å²) in [7, 11) is 0. The number of hydrogen-bond donors (Lipinski definition) is 3. The van der Waals surface area contributed by atoms with E-state index in [1.165, 1.54) is 0 Å². The zero-order chi connectivity index (χ0) is 12.3. The molecule has 2 aliphatic rings. The van der Waals surface area contributed by atoms with Crippen molar-refractivity contribution in [1.29, 1.82) is 0 Å². The van der Waals surface area contributed by atoms with Gasteiger partial charge in [0.25, 0.3) is 0 Å². The van der Waals surface area contributed by atoms with Gasteiger partial charge in [0, 0.05) is 39.1 Å². The van der Waals surface area contributed by atoms with E-state index in [0.29, 0.717) is 38.5 Å². The first-order valence-electron chi connectivity index (χ1n) is 6.39. The third-order valence-corrected chi connectivity index (χ3v) is 3.87. The van der Waals surface area contributed by atoms with Gasteiger partial charge in [-0.05, 0) is 12.5 Å². The summed E-state index contributed by atoms with van der Waals surface area (Å²) in [6.07, 6.45) is 1.21. The highest BCUT2D eigenvalue weighted by Crippen LogP contribution is 2.20. The summed E-state index contributed by atoms with van der Waals surface area (Å²) in [4.78, 5) is 11.9. The van der Waals surface area contributed by atoms with E-state index in [4.69, 9.17) is 4.74 Å². The third kappa shape index (κ3) is 3.18. The highest BCUT2D eigenvalue weighted by molar-refractivity contribution is 5.79. The van der Waals surface area contributed by atoms with E-state index in [-0.39, 0.29) is 11.8 Å². The molecule has 0 aromatic heterocycles. The molecule has 2 saturated heterocycles. The molecule has 0 spiro atoms. The summed E-state index contributed by atoms with van der Waals surface area (Å²) < 4.78 is 5.21. The molecule has 17 heavy (non-hydrogen) atoms. The quantitative estimate of drug-likeness (QED) is 0.624. The molecule has 5 heteroatoms. The molecule has 3 N–H and O–H groups in total. The minimum Gasteiger partial charge on any atom is -0.388 e. The molecular weight excluding hydrogens is 220 g/mol. The fourth-order valence-corrected chi connectivity index (χ4v) is 2.47. The lowest BCUT2D eigenvalue weighted by Gasteiger charge is -2.32. The summed E-state index contributed by atoms with van der Waals surface area (Å²) in [6, 6.07) is 0. The lowest BCUT2D eigenvalue weighted by molar-refractivity contribution is -0.128. The van der Waals surface area contributed by atoms with Crippen molar-refractivity contribution < 1.29 is 14.6 Å². The first kappa shape index (κ1) is 12.8. The average molecular weight is 242 g/mol. The summed E-state index contributed by atoms with van der Waals surface area (Å²) in [5.74, 6) is 0.472. The van der Waals surface area contributed by atoms with E-state index >= 15 is 0 Å². The number of ether oxygens (including phenoxy) is 1. The van der Waals surface area contributed by atoms with Crippen LogP contribution in [0.3, 0.4) is 0 Å². The fraction of sp³-hybridized carbons (Fsp3) is 0.917. The predicted octanol–water partition coefficient (Wildman–Crippen LogP) is -0.500. The maximum atomic E-state index is 11.9. The van der Waals surface area contributed by atoms with Crippen molar-refractivity contribution in [3.63, 3.8) is 0 Å². The van der Waals surface area contributed by atoms with Crippen molar-refractivity contribution in [2.75, 3.05) is 32.8 Å². The third-order valence-electron chi connectivity index (χ3n) is 3.87. The molecule has 2 atom stereocenters. The number of nitrogens with one attached hydrogen (secondary N) is 2. The van der Waals surface area contributed by atoms with Gasteiger partial charge in [-0.3, -0.25) is 4.79 Å². The van der Waals surface area contributed by atoms with E-state index < -0.39 is 5.60 Å². The van der Waals surface area contributed by atoms with Gasteiger partial charge in [-0.15, -0.1) is 0 Å². The van der Waals surface area contributed by atoms with Crippen LogP contribution < -0.4 is 10.6 Å². The number of hydrogen-bond acceptors (Lipinski definition) is 4. The summed E-state index contributed by atoms with van der Waals surface area (Å²) >= 11 is 0. The Bertz CT molecular complexity index is 277. The number of aliphatic hydroxyl groups is 1. The van der Waals surface area contributed by atoms with Gasteiger partial charge in [-0.1, -0.05) is 6.92 Å². The molecule has 2 rings (SSSR count). The first-order valence-corrected chi connectivity index (χ1v) is 6.39. The van der Waals surface area contributed by atoms with Crippen LogP contribution in [0.25, 0.3) is 0 Å². The van der Waals surface area contributed by atoms with E-state index in [1.807, 2.05) is 0 Å². The van der Waals surface area contributed by atoms with Crippen molar-refractivity contribution in [1.82, 2.24) is 10.6 Å². The number of amides is 1. The Morgan fingerprint density at radius 2 is 2.18 bits per heavy atom. The Morgan fingerprint density at radius 1 is 1.47 bits per heavy atom. The van der Waals surface area contributed by atoms with Gasteiger partial charge in [0.15, 0.2) is 0 Å². The van der Waals surface area contributed by atoms with Gasteiger partial charge in [0.2, 0.25) is 5.91 Å². The van der Waals surface area contributed by atoms with Gasteiger partial charge >= 0.3 is 0 Å². The topological polar surface area (TPSA) is 70.6 Å². The second-order valence-electron chi connectivity index (χ2n) is 5.30. The molecule has 0 aliphatic carbocycles. The molecule has 0 bridgehead atoms. The van der Waals surface area contributed by atoms with Crippen LogP contribution in [0.15, 0.2) is 0 Å². The first-order chi connectivity index (χ1) is 8.11. The van der Waals surface area contributed by atoms with E-state index in [2.05, 4.69) is 17.6 Å². The predicted molar refractivity (Wildman–Crippen MR) is 63.5 cm³/mol. The fourth-order valence-electron chi connectivity index (χ4n) is 2.47. The van der Waals surface area contributed by atoms with E-state index in [0.717, 1.165) is 13.1 Å². The summed E-state index contributed by atoms with van der Waals surface area (Å²) in [6.45, 7) is 5.22. The van der Waals surface area contributed by atoms with Gasteiger partial charge < -0.3 is 20.5 Å². The van der Waals surface area contributed by atoms with Crippen LogP contribution in [0.4, 0.5) is 0 Å². The molecule has 0 saturated carbocycles. The average Bonchev–Trinajstić information content (AvgIpc) is 2.74. The molecule has 5 nitrogen and oxygen atoms in total. The molecular formula is C12H22N2O3. The zero-order valence-electron chi connectivity index (χ0n) is 10.4. The Balaban J connectivity index is 1.79. The zero-order valence-corrected chi connectivity index (χ0v) is 10.4. The van der Waals surface area contributed by atoms with Crippen molar-refractivity contribution >= 4 is 5.91 Å². The SMILES string of the molecule is C[C@@H]1CNC[C@H]1C(=O)NCC1(O)CCOCC1. The molecule has 98 valence electrons. The standard InChI is InChI=1S/C12H22N2O3/c1-9-6-13-7-10(9)11(15)14-8-12(16)2-4-17-5-3-12/h9-10,13,16H,2-8H2,1H3,(H,14,15)/t9-,10-/m1/s1. The van der Waals surface area contributed by atoms with Crippen LogP contribution in [0, 0.1) is 11.8 Å². The summed E-state index contributed by atoms with van der Waals surface area (Å²) in [5, 5.41) is 16.3. The largest absolute Gasteiger partial charge is 0.388 e. The van der Waals surface area contributed by atoms with Crippen molar-refractivity contribution in [3.8, 4) is 0 Å². The lowest BCUT2D eigenvalue weighted by Crippen LogP contribution is -2.48. The van der Waals surface area contributed by atoms with Crippen molar-refractivity contribution in [3.05, 3.63) is 0 Å². The van der Waals surface area contributed by atoms with Crippen LogP contribution in [0.2, 0.25) is 0 Å². The lowest BCUT2D eigenvalue weighted by atomic mass is 9.93. The highest BCUT2D eigenvalue weighted by atomic mass is 16.5. The van der Waals surface area contributed by atoms with Gasteiger partial charge in [0.05, 0.1) is 11.5 Å². The number of carbonyl (C=O) groups excluding carboxylic acids is 1. The molecule has 0 unspecified atom stereocenters. The number of rotatable bonds is 3. The van der Waals surface area contributed by atoms with Crippen LogP contribution in [-0.4, -0.2) is 49.5 Å². The Labute approximate surface area is 102 Å². The van der Waals surface area contributed by atoms with Crippen LogP contribution >= 0.6 is 0 Å². The second kappa shape index (κ2) is 5.33. The number of carbonyl (C=O) groups is 1.